The first-order chi connectivity index (χ1) is 12.3. The van der Waals surface area contributed by atoms with E-state index in [1.165, 1.54) is 0 Å². The van der Waals surface area contributed by atoms with Gasteiger partial charge in [-0.15, -0.1) is 0 Å². The number of fused-ring (bicyclic) bond motifs is 1. The summed E-state index contributed by atoms with van der Waals surface area (Å²) in [5, 5.41) is 10.2. The molecule has 0 aliphatic rings. The number of carbonyl (C=O) groups is 1. The molecule has 3 heterocycles. The summed E-state index contributed by atoms with van der Waals surface area (Å²) in [6.45, 7) is 7.92. The number of carboxylic acid groups (broad SMARTS) is 1. The molecule has 3 rings (SSSR count). The van der Waals surface area contributed by atoms with Crippen LogP contribution in [0.5, 0.6) is 0 Å². The Morgan fingerprint density at radius 2 is 2.19 bits per heavy atom. The van der Waals surface area contributed by atoms with E-state index in [0.29, 0.717) is 40.8 Å². The number of aromatic nitrogens is 4. The fourth-order valence-corrected chi connectivity index (χ4v) is 3.92. The van der Waals surface area contributed by atoms with E-state index in [4.69, 9.17) is 21.4 Å². The van der Waals surface area contributed by atoms with Gasteiger partial charge < -0.3 is 14.4 Å². The number of halogens is 1. The molecule has 0 spiro atoms. The minimum Gasteiger partial charge on any atom is -0.476 e. The molecule has 0 saturated carbocycles. The molecule has 10 heteroatoms. The summed E-state index contributed by atoms with van der Waals surface area (Å²) in [5.74, 6) is -0.774. The maximum Gasteiger partial charge on any atom is 0.366 e. The molecule has 0 bridgehead atoms. The van der Waals surface area contributed by atoms with E-state index in [0.717, 1.165) is 17.6 Å². The number of ether oxygens (including phenoxy) is 1. The Kier molecular flexibility index (Phi) is 5.42. The predicted molar refractivity (Wildman–Crippen MR) is 105 cm³/mol. The Morgan fingerprint density at radius 1 is 1.42 bits per heavy atom. The van der Waals surface area contributed by atoms with Crippen molar-refractivity contribution in [2.75, 3.05) is 6.61 Å². The smallest absolute Gasteiger partial charge is 0.366 e. The first-order valence-corrected chi connectivity index (χ1v) is 12.9. The van der Waals surface area contributed by atoms with Gasteiger partial charge in [-0.05, 0) is 23.6 Å². The fourth-order valence-electron chi connectivity index (χ4n) is 2.41. The van der Waals surface area contributed by atoms with Crippen molar-refractivity contribution in [2.45, 2.75) is 32.4 Å². The molecule has 0 aliphatic heterocycles. The van der Waals surface area contributed by atoms with Gasteiger partial charge in [0.25, 0.3) is 0 Å². The van der Waals surface area contributed by atoms with Crippen LogP contribution in [0.25, 0.3) is 22.4 Å². The maximum absolute atomic E-state index is 11.1. The third-order valence-electron chi connectivity index (χ3n) is 3.78. The van der Waals surface area contributed by atoms with Gasteiger partial charge in [0.05, 0.1) is 5.02 Å². The van der Waals surface area contributed by atoms with Crippen LogP contribution >= 0.6 is 23.1 Å². The van der Waals surface area contributed by atoms with E-state index in [1.54, 1.807) is 12.3 Å². The number of rotatable bonds is 7. The van der Waals surface area contributed by atoms with Crippen LogP contribution in [0.2, 0.25) is 30.7 Å². The highest BCUT2D eigenvalue weighted by Gasteiger charge is 2.20. The molecule has 0 aliphatic carbocycles. The topological polar surface area (TPSA) is 90.1 Å². The molecular weight excluding hydrogens is 392 g/mol. The van der Waals surface area contributed by atoms with Crippen LogP contribution in [-0.2, 0) is 11.5 Å². The van der Waals surface area contributed by atoms with Crippen molar-refractivity contribution in [3.8, 4) is 11.4 Å². The van der Waals surface area contributed by atoms with Crippen LogP contribution in [0.1, 0.15) is 9.80 Å². The summed E-state index contributed by atoms with van der Waals surface area (Å²) >= 11 is 7.20. The lowest BCUT2D eigenvalue weighted by Gasteiger charge is -2.15. The first kappa shape index (κ1) is 19.0. The van der Waals surface area contributed by atoms with Crippen LogP contribution < -0.4 is 0 Å². The Morgan fingerprint density at radius 3 is 2.85 bits per heavy atom. The van der Waals surface area contributed by atoms with Crippen molar-refractivity contribution in [1.29, 1.82) is 0 Å². The maximum atomic E-state index is 11.1. The second-order valence-electron chi connectivity index (χ2n) is 7.08. The van der Waals surface area contributed by atoms with Gasteiger partial charge in [0.2, 0.25) is 5.01 Å². The molecule has 3 aromatic heterocycles. The second-order valence-corrected chi connectivity index (χ2v) is 13.9. The average Bonchev–Trinajstić information content (AvgIpc) is 3.16. The van der Waals surface area contributed by atoms with E-state index in [1.807, 2.05) is 10.8 Å². The summed E-state index contributed by atoms with van der Waals surface area (Å²) in [6.07, 6.45) is 3.44. The highest BCUT2D eigenvalue weighted by atomic mass is 35.5. The van der Waals surface area contributed by atoms with E-state index >= 15 is 0 Å². The van der Waals surface area contributed by atoms with Gasteiger partial charge in [-0.3, -0.25) is 0 Å². The molecular formula is C16H19ClN4O3SSi. The molecule has 138 valence electrons. The van der Waals surface area contributed by atoms with Crippen molar-refractivity contribution < 1.29 is 14.6 Å². The van der Waals surface area contributed by atoms with Crippen LogP contribution in [0.15, 0.2) is 18.5 Å². The molecule has 0 radical (unpaired) electrons. The van der Waals surface area contributed by atoms with Gasteiger partial charge in [-0.1, -0.05) is 31.2 Å². The van der Waals surface area contributed by atoms with Crippen LogP contribution in [0.4, 0.5) is 0 Å². The first-order valence-electron chi connectivity index (χ1n) is 8.05. The molecule has 0 aromatic carbocycles. The molecule has 0 amide bonds. The van der Waals surface area contributed by atoms with Crippen molar-refractivity contribution in [2.24, 2.45) is 0 Å². The second kappa shape index (κ2) is 7.43. The van der Waals surface area contributed by atoms with Crippen molar-refractivity contribution >= 4 is 48.2 Å². The molecule has 0 fully saturated rings. The number of hydrogen-bond acceptors (Lipinski definition) is 6. The predicted octanol–water partition coefficient (Wildman–Crippen LogP) is 4.22. The van der Waals surface area contributed by atoms with Crippen LogP contribution in [0.3, 0.4) is 0 Å². The lowest BCUT2D eigenvalue weighted by Crippen LogP contribution is -2.22. The molecule has 0 atom stereocenters. The molecule has 0 saturated heterocycles. The zero-order chi connectivity index (χ0) is 18.9. The number of pyridine rings is 1. The summed E-state index contributed by atoms with van der Waals surface area (Å²) in [7, 11) is -1.16. The number of hydrogen-bond donors (Lipinski definition) is 1. The number of nitrogens with zero attached hydrogens (tertiary/aromatic N) is 4. The summed E-state index contributed by atoms with van der Waals surface area (Å²) in [6, 6.07) is 2.76. The van der Waals surface area contributed by atoms with Crippen molar-refractivity contribution in [3.05, 3.63) is 28.5 Å². The van der Waals surface area contributed by atoms with E-state index in [-0.39, 0.29) is 5.01 Å². The summed E-state index contributed by atoms with van der Waals surface area (Å²) in [5.41, 5.74) is 1.31. The number of aromatic carboxylic acids is 1. The van der Waals surface area contributed by atoms with Gasteiger partial charge in [0.15, 0.2) is 5.82 Å². The Balaban J connectivity index is 1.92. The average molecular weight is 411 g/mol. The quantitative estimate of drug-likeness (QED) is 0.463. The number of carboxylic acids is 1. The summed E-state index contributed by atoms with van der Waals surface area (Å²) in [4.78, 5) is 19.6. The summed E-state index contributed by atoms with van der Waals surface area (Å²) < 4.78 is 11.8. The van der Waals surface area contributed by atoms with Gasteiger partial charge in [-0.25, -0.2) is 14.8 Å². The highest BCUT2D eigenvalue weighted by molar-refractivity contribution is 7.07. The van der Waals surface area contributed by atoms with Crippen molar-refractivity contribution in [3.63, 3.8) is 0 Å². The highest BCUT2D eigenvalue weighted by Crippen LogP contribution is 2.33. The fraction of sp³-hybridized carbons (Fsp3) is 0.375. The molecule has 1 N–H and O–H groups in total. The lowest BCUT2D eigenvalue weighted by molar-refractivity contribution is 0.0696. The van der Waals surface area contributed by atoms with Gasteiger partial charge in [0, 0.05) is 38.0 Å². The van der Waals surface area contributed by atoms with Gasteiger partial charge in [-0.2, -0.15) is 4.37 Å². The molecule has 7 nitrogen and oxygen atoms in total. The van der Waals surface area contributed by atoms with E-state index in [2.05, 4.69) is 34.0 Å². The monoisotopic (exact) mass is 410 g/mol. The Labute approximate surface area is 160 Å². The zero-order valence-electron chi connectivity index (χ0n) is 14.7. The van der Waals surface area contributed by atoms with E-state index < -0.39 is 14.0 Å². The Bertz CT molecular complexity index is 951. The zero-order valence-corrected chi connectivity index (χ0v) is 17.3. The minimum absolute atomic E-state index is 0.0627. The SMILES string of the molecule is C[Si](C)(C)CCOCn1cc(-c2nsc(C(=O)O)n2)c2c(Cl)ccnc21. The standard InChI is InChI=1S/C16H19ClN4O3SSi/c1-26(2,3)7-6-24-9-21-8-10(12-11(17)4-5-18-14(12)21)13-19-15(16(22)23)25-20-13/h4-5,8H,6-7,9H2,1-3H3,(H,22,23). The molecule has 3 aromatic rings. The van der Waals surface area contributed by atoms with Crippen molar-refractivity contribution in [1.82, 2.24) is 18.9 Å². The normalized spacial score (nSPS) is 12.0. The van der Waals surface area contributed by atoms with Gasteiger partial charge >= 0.3 is 5.97 Å². The van der Waals surface area contributed by atoms with Gasteiger partial charge in [0.1, 0.15) is 12.4 Å². The largest absolute Gasteiger partial charge is 0.476 e. The van der Waals surface area contributed by atoms with Crippen LogP contribution in [0, 0.1) is 0 Å². The van der Waals surface area contributed by atoms with Crippen LogP contribution in [-0.4, -0.2) is 44.7 Å². The third kappa shape index (κ3) is 4.12. The third-order valence-corrected chi connectivity index (χ3v) is 6.51. The van der Waals surface area contributed by atoms with E-state index in [9.17, 15) is 4.79 Å². The lowest BCUT2D eigenvalue weighted by atomic mass is 10.2. The molecule has 26 heavy (non-hydrogen) atoms. The molecule has 0 unspecified atom stereocenters. The Hall–Kier alpha value is -1.81. The minimum atomic E-state index is -1.16.